The Morgan fingerprint density at radius 2 is 2.13 bits per heavy atom. The van der Waals surface area contributed by atoms with E-state index in [0.717, 1.165) is 43.2 Å². The third-order valence-corrected chi connectivity index (χ3v) is 4.97. The minimum atomic E-state index is 0.135. The van der Waals surface area contributed by atoms with Crippen molar-refractivity contribution in [1.82, 2.24) is 10.3 Å². The van der Waals surface area contributed by atoms with E-state index in [1.54, 1.807) is 0 Å². The molecule has 3 rings (SSSR count). The number of nitrogens with one attached hydrogen (secondary N) is 1. The van der Waals surface area contributed by atoms with Crippen LogP contribution in [0.15, 0.2) is 30.5 Å². The van der Waals surface area contributed by atoms with Gasteiger partial charge in [0, 0.05) is 32.3 Å². The molecular formula is C19H27N3O. The number of pyridine rings is 1. The maximum Gasteiger partial charge on any atom is 0.220 e. The Kier molecular flexibility index (Phi) is 5.31. The van der Waals surface area contributed by atoms with Crippen molar-refractivity contribution in [1.29, 1.82) is 0 Å². The number of hydrogen-bond acceptors (Lipinski definition) is 3. The van der Waals surface area contributed by atoms with Gasteiger partial charge in [0.2, 0.25) is 5.91 Å². The Labute approximate surface area is 139 Å². The summed E-state index contributed by atoms with van der Waals surface area (Å²) in [5.74, 6) is 2.45. The Balaban J connectivity index is 1.45. The van der Waals surface area contributed by atoms with Gasteiger partial charge in [0.15, 0.2) is 0 Å². The van der Waals surface area contributed by atoms with Gasteiger partial charge in [0.25, 0.3) is 0 Å². The Bertz CT molecular complexity index is 544. The first kappa shape index (κ1) is 16.0. The predicted octanol–water partition coefficient (Wildman–Crippen LogP) is 3.29. The third-order valence-electron chi connectivity index (χ3n) is 4.97. The number of hydrogen-bond donors (Lipinski definition) is 1. The minimum absolute atomic E-state index is 0.135. The first-order valence-electron chi connectivity index (χ1n) is 8.84. The fraction of sp³-hybridized carbons (Fsp3) is 0.579. The molecule has 23 heavy (non-hydrogen) atoms. The van der Waals surface area contributed by atoms with Crippen molar-refractivity contribution >= 4 is 11.7 Å². The summed E-state index contributed by atoms with van der Waals surface area (Å²) < 4.78 is 0. The molecule has 1 saturated heterocycles. The van der Waals surface area contributed by atoms with Crippen molar-refractivity contribution in [3.8, 4) is 0 Å². The monoisotopic (exact) mass is 313 g/mol. The highest BCUT2D eigenvalue weighted by Crippen LogP contribution is 2.22. The zero-order valence-electron chi connectivity index (χ0n) is 14.0. The topological polar surface area (TPSA) is 45.2 Å². The van der Waals surface area contributed by atoms with Crippen LogP contribution in [0, 0.1) is 11.8 Å². The van der Waals surface area contributed by atoms with Gasteiger partial charge in [-0.15, -0.1) is 0 Å². The minimum Gasteiger partial charge on any atom is -0.357 e. The molecule has 1 N–H and O–H groups in total. The fourth-order valence-electron chi connectivity index (χ4n) is 3.32. The van der Waals surface area contributed by atoms with E-state index in [1.807, 2.05) is 6.20 Å². The van der Waals surface area contributed by atoms with Gasteiger partial charge in [0.05, 0.1) is 0 Å². The number of carbonyl (C=O) groups excluding carboxylic acids is 1. The third kappa shape index (κ3) is 4.57. The van der Waals surface area contributed by atoms with Crippen LogP contribution in [0.3, 0.4) is 0 Å². The number of allylic oxidation sites excluding steroid dienone is 2. The van der Waals surface area contributed by atoms with Crippen molar-refractivity contribution in [3.05, 3.63) is 36.0 Å². The van der Waals surface area contributed by atoms with Crippen LogP contribution in [0.4, 0.5) is 5.82 Å². The second-order valence-electron chi connectivity index (χ2n) is 6.94. The Morgan fingerprint density at radius 3 is 2.78 bits per heavy atom. The maximum atomic E-state index is 11.9. The van der Waals surface area contributed by atoms with Crippen LogP contribution in [0.1, 0.15) is 44.6 Å². The first-order chi connectivity index (χ1) is 11.2. The van der Waals surface area contributed by atoms with Crippen LogP contribution in [0.2, 0.25) is 0 Å². The number of piperidine rings is 1. The normalized spacial score (nSPS) is 21.6. The van der Waals surface area contributed by atoms with Crippen LogP contribution < -0.4 is 10.2 Å². The number of carbonyl (C=O) groups is 1. The fourth-order valence-corrected chi connectivity index (χ4v) is 3.32. The molecule has 1 amide bonds. The van der Waals surface area contributed by atoms with Gasteiger partial charge in [-0.25, -0.2) is 4.98 Å². The van der Waals surface area contributed by atoms with Crippen molar-refractivity contribution in [2.75, 3.05) is 18.0 Å². The van der Waals surface area contributed by atoms with E-state index in [9.17, 15) is 4.79 Å². The van der Waals surface area contributed by atoms with Crippen LogP contribution >= 0.6 is 0 Å². The second kappa shape index (κ2) is 7.62. The molecular weight excluding hydrogens is 286 g/mol. The predicted molar refractivity (Wildman–Crippen MR) is 93.2 cm³/mol. The molecule has 4 nitrogen and oxygen atoms in total. The van der Waals surface area contributed by atoms with E-state index in [-0.39, 0.29) is 5.91 Å². The second-order valence-corrected chi connectivity index (χ2v) is 6.94. The average molecular weight is 313 g/mol. The summed E-state index contributed by atoms with van der Waals surface area (Å²) in [5.41, 5.74) is 1.06. The van der Waals surface area contributed by atoms with E-state index in [0.29, 0.717) is 18.9 Å². The first-order valence-corrected chi connectivity index (χ1v) is 8.84. The highest BCUT2D eigenvalue weighted by atomic mass is 16.1. The SMILES string of the molecule is CC1CCN(c2ccc(CNC(=O)C[C@H]3C=CCC3)cn2)CC1. The molecule has 0 unspecified atom stereocenters. The highest BCUT2D eigenvalue weighted by Gasteiger charge is 2.17. The summed E-state index contributed by atoms with van der Waals surface area (Å²) in [7, 11) is 0. The highest BCUT2D eigenvalue weighted by molar-refractivity contribution is 5.76. The number of anilines is 1. The van der Waals surface area contributed by atoms with E-state index >= 15 is 0 Å². The molecule has 0 spiro atoms. The van der Waals surface area contributed by atoms with E-state index < -0.39 is 0 Å². The average Bonchev–Trinajstić information content (AvgIpc) is 3.07. The van der Waals surface area contributed by atoms with Gasteiger partial charge < -0.3 is 10.2 Å². The molecule has 2 aliphatic rings. The summed E-state index contributed by atoms with van der Waals surface area (Å²) in [6, 6.07) is 4.16. The van der Waals surface area contributed by atoms with Crippen molar-refractivity contribution in [3.63, 3.8) is 0 Å². The molecule has 1 aliphatic carbocycles. The largest absolute Gasteiger partial charge is 0.357 e. The quantitative estimate of drug-likeness (QED) is 0.848. The van der Waals surface area contributed by atoms with Crippen molar-refractivity contribution in [2.45, 2.75) is 45.6 Å². The van der Waals surface area contributed by atoms with Crippen LogP contribution in [-0.4, -0.2) is 24.0 Å². The van der Waals surface area contributed by atoms with E-state index in [4.69, 9.17) is 0 Å². The Morgan fingerprint density at radius 1 is 1.30 bits per heavy atom. The lowest BCUT2D eigenvalue weighted by Crippen LogP contribution is -2.33. The summed E-state index contributed by atoms with van der Waals surface area (Å²) in [4.78, 5) is 18.9. The standard InChI is InChI=1S/C19H27N3O/c1-15-8-10-22(11-9-15)18-7-6-17(13-20-18)14-21-19(23)12-16-4-2-3-5-16/h2,4,6-7,13,15-16H,3,5,8-12,14H2,1H3,(H,21,23)/t16-/m0/s1. The maximum absolute atomic E-state index is 11.9. The van der Waals surface area contributed by atoms with Crippen LogP contribution in [0.5, 0.6) is 0 Å². The molecule has 1 atom stereocenters. The number of aromatic nitrogens is 1. The smallest absolute Gasteiger partial charge is 0.220 e. The molecule has 4 heteroatoms. The molecule has 124 valence electrons. The van der Waals surface area contributed by atoms with E-state index in [2.05, 4.69) is 46.4 Å². The molecule has 0 saturated carbocycles. The Hall–Kier alpha value is -1.84. The number of rotatable bonds is 5. The number of amides is 1. The molecule has 1 aliphatic heterocycles. The van der Waals surface area contributed by atoms with Crippen LogP contribution in [0.25, 0.3) is 0 Å². The molecule has 1 fully saturated rings. The van der Waals surface area contributed by atoms with Gasteiger partial charge in [-0.05, 0) is 49.1 Å². The van der Waals surface area contributed by atoms with Crippen molar-refractivity contribution in [2.24, 2.45) is 11.8 Å². The van der Waals surface area contributed by atoms with Gasteiger partial charge >= 0.3 is 0 Å². The van der Waals surface area contributed by atoms with Gasteiger partial charge in [0.1, 0.15) is 5.82 Å². The van der Waals surface area contributed by atoms with Gasteiger partial charge in [-0.2, -0.15) is 0 Å². The molecule has 0 radical (unpaired) electrons. The lowest BCUT2D eigenvalue weighted by molar-refractivity contribution is -0.121. The lowest BCUT2D eigenvalue weighted by Gasteiger charge is -2.31. The molecule has 0 aromatic carbocycles. The zero-order valence-corrected chi connectivity index (χ0v) is 14.0. The van der Waals surface area contributed by atoms with Gasteiger partial charge in [-0.3, -0.25) is 4.79 Å². The summed E-state index contributed by atoms with van der Waals surface area (Å²) in [5, 5.41) is 3.00. The summed E-state index contributed by atoms with van der Waals surface area (Å²) in [6.07, 6.45) is 11.5. The summed E-state index contributed by atoms with van der Waals surface area (Å²) in [6.45, 7) is 5.08. The number of nitrogens with zero attached hydrogens (tertiary/aromatic N) is 2. The van der Waals surface area contributed by atoms with Crippen molar-refractivity contribution < 1.29 is 4.79 Å². The van der Waals surface area contributed by atoms with Crippen LogP contribution in [-0.2, 0) is 11.3 Å². The molecule has 1 aromatic rings. The van der Waals surface area contributed by atoms with E-state index in [1.165, 1.54) is 12.8 Å². The lowest BCUT2D eigenvalue weighted by atomic mass is 9.99. The molecule has 0 bridgehead atoms. The zero-order chi connectivity index (χ0) is 16.1. The van der Waals surface area contributed by atoms with Gasteiger partial charge in [-0.1, -0.05) is 25.1 Å². The molecule has 1 aromatic heterocycles. The summed E-state index contributed by atoms with van der Waals surface area (Å²) >= 11 is 0. The molecule has 2 heterocycles.